The molecule has 0 aliphatic carbocycles. The van der Waals surface area contributed by atoms with Crippen molar-refractivity contribution in [2.24, 2.45) is 11.8 Å². The summed E-state index contributed by atoms with van der Waals surface area (Å²) in [6, 6.07) is 5.12. The fourth-order valence-electron chi connectivity index (χ4n) is 6.81. The van der Waals surface area contributed by atoms with Crippen LogP contribution in [0.5, 0.6) is 0 Å². The number of likely N-dealkylation sites (N-methyl/N-ethyl adjacent to an activating group) is 1. The van der Waals surface area contributed by atoms with E-state index < -0.39 is 29.6 Å². The van der Waals surface area contributed by atoms with Crippen LogP contribution < -0.4 is 4.90 Å². The molecule has 1 aromatic carbocycles. The zero-order valence-corrected chi connectivity index (χ0v) is 25.4. The van der Waals surface area contributed by atoms with E-state index in [1.165, 1.54) is 0 Å². The molecule has 3 fully saturated rings. The second kappa shape index (κ2) is 12.6. The van der Waals surface area contributed by atoms with Crippen molar-refractivity contribution in [1.82, 2.24) is 9.80 Å². The highest BCUT2D eigenvalue weighted by Gasteiger charge is 2.76. The maximum absolute atomic E-state index is 14.7. The number of amides is 3. The quantitative estimate of drug-likeness (QED) is 0.207. The topological polar surface area (TPSA) is 90.4 Å². The molecular weight excluding hydrogens is 574 g/mol. The van der Waals surface area contributed by atoms with Gasteiger partial charge in [0.05, 0.1) is 17.9 Å². The first-order valence-electron chi connectivity index (χ1n) is 14.2. The molecule has 3 saturated heterocycles. The molecule has 1 N–H and O–H groups in total. The number of nitrogens with zero attached hydrogens (tertiary/aromatic N) is 3. The Kier molecular flexibility index (Phi) is 9.58. The first-order chi connectivity index (χ1) is 19.1. The van der Waals surface area contributed by atoms with Gasteiger partial charge in [0, 0.05) is 43.8 Å². The number of anilines is 1. The maximum atomic E-state index is 14.7. The molecule has 3 unspecified atom stereocenters. The monoisotopic (exact) mass is 615 g/mol. The summed E-state index contributed by atoms with van der Waals surface area (Å²) in [5, 5.41) is 9.18. The molecule has 1 spiro atoms. The summed E-state index contributed by atoms with van der Waals surface area (Å²) in [6.45, 7) is 12.8. The summed E-state index contributed by atoms with van der Waals surface area (Å²) in [7, 11) is 1.71. The van der Waals surface area contributed by atoms with E-state index >= 15 is 0 Å². The number of unbranched alkanes of at least 4 members (excludes halogenated alkanes) is 3. The third-order valence-corrected chi connectivity index (χ3v) is 9.47. The van der Waals surface area contributed by atoms with Gasteiger partial charge in [-0.15, -0.1) is 13.2 Å². The summed E-state index contributed by atoms with van der Waals surface area (Å²) in [5.74, 6) is -1.98. The molecule has 8 nitrogen and oxygen atoms in total. The SMILES string of the molecule is C=CCN(C)C(=O)[C@H]1[C@H]2C(=O)N(CCCCCCO)C(C(=O)N(CC=C)c3cc(C)ccc3C)C23CC(Br)[C@@H]1O3. The van der Waals surface area contributed by atoms with Gasteiger partial charge in [-0.05, 0) is 50.3 Å². The van der Waals surface area contributed by atoms with Gasteiger partial charge in [-0.2, -0.15) is 0 Å². The normalized spacial score (nSPS) is 28.5. The first kappa shape index (κ1) is 30.5. The predicted molar refractivity (Wildman–Crippen MR) is 159 cm³/mol. The number of carbonyl (C=O) groups excluding carboxylic acids is 3. The predicted octanol–water partition coefficient (Wildman–Crippen LogP) is 3.77. The van der Waals surface area contributed by atoms with E-state index in [-0.39, 0.29) is 35.7 Å². The second-order valence-electron chi connectivity index (χ2n) is 11.4. The lowest BCUT2D eigenvalue weighted by atomic mass is 9.70. The molecule has 9 heteroatoms. The lowest BCUT2D eigenvalue weighted by molar-refractivity contribution is -0.144. The van der Waals surface area contributed by atoms with Crippen LogP contribution in [0.2, 0.25) is 0 Å². The smallest absolute Gasteiger partial charge is 0.253 e. The van der Waals surface area contributed by atoms with Gasteiger partial charge < -0.3 is 24.5 Å². The number of fused-ring (bicyclic) bond motifs is 1. The lowest BCUT2D eigenvalue weighted by Gasteiger charge is -2.37. The summed E-state index contributed by atoms with van der Waals surface area (Å²) in [6.07, 6.45) is 6.38. The number of ether oxygens (including phenoxy) is 1. The Bertz CT molecular complexity index is 1160. The van der Waals surface area contributed by atoms with Crippen LogP contribution in [0, 0.1) is 25.7 Å². The Balaban J connectivity index is 1.77. The van der Waals surface area contributed by atoms with E-state index in [0.29, 0.717) is 32.4 Å². The van der Waals surface area contributed by atoms with E-state index in [0.717, 1.165) is 29.7 Å². The van der Waals surface area contributed by atoms with Gasteiger partial charge in [-0.1, -0.05) is 53.1 Å². The molecule has 3 aliphatic heterocycles. The molecule has 2 bridgehead atoms. The highest BCUT2D eigenvalue weighted by atomic mass is 79.9. The Labute approximate surface area is 246 Å². The summed E-state index contributed by atoms with van der Waals surface area (Å²) in [4.78, 5) is 47.4. The van der Waals surface area contributed by atoms with Crippen molar-refractivity contribution in [2.45, 2.75) is 68.5 Å². The number of hydrogen-bond donors (Lipinski definition) is 1. The molecular formula is C31H42BrN3O5. The van der Waals surface area contributed by atoms with Crippen molar-refractivity contribution in [1.29, 1.82) is 0 Å². The van der Waals surface area contributed by atoms with Crippen molar-refractivity contribution in [2.75, 3.05) is 38.2 Å². The van der Waals surface area contributed by atoms with Crippen LogP contribution in [-0.2, 0) is 19.1 Å². The van der Waals surface area contributed by atoms with Gasteiger partial charge in [0.2, 0.25) is 11.8 Å². The van der Waals surface area contributed by atoms with Crippen LogP contribution in [-0.4, -0.2) is 88.5 Å². The van der Waals surface area contributed by atoms with Gasteiger partial charge in [0.1, 0.15) is 11.6 Å². The van der Waals surface area contributed by atoms with Crippen LogP contribution in [0.25, 0.3) is 0 Å². The van der Waals surface area contributed by atoms with Gasteiger partial charge in [0.25, 0.3) is 5.91 Å². The minimum absolute atomic E-state index is 0.130. The van der Waals surface area contributed by atoms with Crippen LogP contribution in [0.4, 0.5) is 5.69 Å². The second-order valence-corrected chi connectivity index (χ2v) is 12.5. The number of alkyl halides is 1. The minimum atomic E-state index is -1.11. The molecule has 0 radical (unpaired) electrons. The number of halogens is 1. The largest absolute Gasteiger partial charge is 0.396 e. The van der Waals surface area contributed by atoms with E-state index in [1.807, 2.05) is 32.0 Å². The van der Waals surface area contributed by atoms with E-state index in [4.69, 9.17) is 4.74 Å². The summed E-state index contributed by atoms with van der Waals surface area (Å²) >= 11 is 3.74. The Hall–Kier alpha value is -2.49. The fraction of sp³-hybridized carbons (Fsp3) is 0.581. The standard InChI is InChI=1S/C31H42BrN3O5/c1-6-14-33(5)28(37)24-25-29(38)35(16-10-8-9-11-17-36)27(31(25)19-22(32)26(24)40-31)30(39)34(15-7-2)23-18-20(3)12-13-21(23)4/h6-7,12-13,18,22,24-27,36H,1-2,8-11,14-17,19H2,3-5H3/t22?,24-,25-,26-,27?,31?/m0/s1. The maximum Gasteiger partial charge on any atom is 0.253 e. The molecule has 0 aromatic heterocycles. The van der Waals surface area contributed by atoms with Gasteiger partial charge in [-0.3, -0.25) is 14.4 Å². The van der Waals surface area contributed by atoms with Crippen LogP contribution in [0.3, 0.4) is 0 Å². The molecule has 3 aliphatic rings. The van der Waals surface area contributed by atoms with Gasteiger partial charge in [-0.25, -0.2) is 0 Å². The number of aryl methyl sites for hydroxylation is 2. The fourth-order valence-corrected chi connectivity index (χ4v) is 7.75. The summed E-state index contributed by atoms with van der Waals surface area (Å²) < 4.78 is 6.67. The van der Waals surface area contributed by atoms with Crippen molar-refractivity contribution in [3.05, 3.63) is 54.6 Å². The zero-order valence-electron chi connectivity index (χ0n) is 23.9. The molecule has 6 atom stereocenters. The minimum Gasteiger partial charge on any atom is -0.396 e. The molecule has 218 valence electrons. The highest BCUT2D eigenvalue weighted by Crippen LogP contribution is 2.60. The first-order valence-corrected chi connectivity index (χ1v) is 15.1. The number of likely N-dealkylation sites (tertiary alicyclic amines) is 1. The van der Waals surface area contributed by atoms with Crippen LogP contribution in [0.15, 0.2) is 43.5 Å². The van der Waals surface area contributed by atoms with Crippen LogP contribution >= 0.6 is 15.9 Å². The van der Waals surface area contributed by atoms with Crippen molar-refractivity contribution >= 4 is 39.3 Å². The number of hydrogen-bond acceptors (Lipinski definition) is 5. The zero-order chi connectivity index (χ0) is 29.2. The Morgan fingerprint density at radius 3 is 2.52 bits per heavy atom. The van der Waals surface area contributed by atoms with E-state index in [9.17, 15) is 19.5 Å². The van der Waals surface area contributed by atoms with E-state index in [2.05, 4.69) is 29.1 Å². The van der Waals surface area contributed by atoms with Gasteiger partial charge in [0.15, 0.2) is 0 Å². The average Bonchev–Trinajstić information content (AvgIpc) is 3.51. The number of carbonyl (C=O) groups is 3. The summed E-state index contributed by atoms with van der Waals surface area (Å²) in [5.41, 5.74) is 1.64. The van der Waals surface area contributed by atoms with Crippen molar-refractivity contribution in [3.63, 3.8) is 0 Å². The van der Waals surface area contributed by atoms with E-state index in [1.54, 1.807) is 33.9 Å². The third-order valence-electron chi connectivity index (χ3n) is 8.63. The lowest BCUT2D eigenvalue weighted by Crippen LogP contribution is -2.57. The third kappa shape index (κ3) is 5.28. The van der Waals surface area contributed by atoms with Crippen molar-refractivity contribution < 1.29 is 24.2 Å². The number of rotatable bonds is 13. The number of aliphatic hydroxyl groups is 1. The molecule has 3 amide bonds. The Morgan fingerprint density at radius 1 is 1.15 bits per heavy atom. The Morgan fingerprint density at radius 2 is 1.85 bits per heavy atom. The molecule has 3 heterocycles. The average molecular weight is 617 g/mol. The van der Waals surface area contributed by atoms with Crippen LogP contribution in [0.1, 0.15) is 43.2 Å². The molecule has 1 aromatic rings. The van der Waals surface area contributed by atoms with Gasteiger partial charge >= 0.3 is 0 Å². The number of aliphatic hydroxyl groups excluding tert-OH is 1. The molecule has 40 heavy (non-hydrogen) atoms. The van der Waals surface area contributed by atoms with Crippen molar-refractivity contribution in [3.8, 4) is 0 Å². The highest BCUT2D eigenvalue weighted by molar-refractivity contribution is 9.09. The molecule has 4 rings (SSSR count). The number of benzene rings is 1. The molecule has 0 saturated carbocycles.